The van der Waals surface area contributed by atoms with E-state index in [0.717, 1.165) is 17.1 Å². The molecule has 0 radical (unpaired) electrons. The SMILES string of the molecule is CCCCCCC1CC(S(C)(c2ccccc2)c2ccccc2)CCC1C. The van der Waals surface area contributed by atoms with E-state index in [1.165, 1.54) is 51.4 Å². The molecular weight excluding hydrogens is 344 g/mol. The summed E-state index contributed by atoms with van der Waals surface area (Å²) in [5.74, 6) is 1.82. The van der Waals surface area contributed by atoms with Crippen molar-refractivity contribution in [2.24, 2.45) is 11.8 Å². The second-order valence-electron chi connectivity index (χ2n) is 8.63. The number of benzene rings is 2. The third-order valence-electron chi connectivity index (χ3n) is 6.88. The molecule has 1 aliphatic rings. The van der Waals surface area contributed by atoms with E-state index < -0.39 is 10.0 Å². The molecule has 0 bridgehead atoms. The van der Waals surface area contributed by atoms with Crippen molar-refractivity contribution in [3.05, 3.63) is 60.7 Å². The van der Waals surface area contributed by atoms with E-state index in [2.05, 4.69) is 80.8 Å². The maximum atomic E-state index is 2.59. The molecule has 0 nitrogen and oxygen atoms in total. The summed E-state index contributed by atoms with van der Waals surface area (Å²) in [4.78, 5) is 3.14. The molecule has 3 unspecified atom stereocenters. The van der Waals surface area contributed by atoms with Crippen LogP contribution in [0.15, 0.2) is 70.5 Å². The lowest BCUT2D eigenvalue weighted by atomic mass is 9.77. The molecule has 0 aromatic heterocycles. The molecule has 0 aliphatic heterocycles. The summed E-state index contributed by atoms with van der Waals surface area (Å²) in [5.41, 5.74) is 0. The molecule has 0 spiro atoms. The van der Waals surface area contributed by atoms with Crippen LogP contribution in [0.25, 0.3) is 0 Å². The molecule has 2 aromatic carbocycles. The largest absolute Gasteiger partial charge is 0.188 e. The first-order valence-electron chi connectivity index (χ1n) is 11.0. The molecule has 148 valence electrons. The van der Waals surface area contributed by atoms with Gasteiger partial charge < -0.3 is 0 Å². The molecule has 3 atom stereocenters. The van der Waals surface area contributed by atoms with Gasteiger partial charge in [-0.15, -0.1) is 0 Å². The van der Waals surface area contributed by atoms with Gasteiger partial charge in [0.1, 0.15) is 0 Å². The Balaban J connectivity index is 1.84. The third-order valence-corrected chi connectivity index (χ3v) is 11.1. The Labute approximate surface area is 169 Å². The van der Waals surface area contributed by atoms with Crippen LogP contribution < -0.4 is 0 Å². The summed E-state index contributed by atoms with van der Waals surface area (Å²) in [5, 5.41) is 0.815. The zero-order valence-corrected chi connectivity index (χ0v) is 18.4. The minimum atomic E-state index is -0.990. The van der Waals surface area contributed by atoms with Crippen LogP contribution in [0.3, 0.4) is 0 Å². The molecule has 1 fully saturated rings. The van der Waals surface area contributed by atoms with Crippen molar-refractivity contribution in [1.29, 1.82) is 0 Å². The van der Waals surface area contributed by atoms with Gasteiger partial charge in [-0.2, -0.15) is 10.0 Å². The van der Waals surface area contributed by atoms with Crippen LogP contribution >= 0.6 is 10.0 Å². The first-order valence-corrected chi connectivity index (χ1v) is 13.1. The maximum Gasteiger partial charge on any atom is -0.00332 e. The molecule has 27 heavy (non-hydrogen) atoms. The minimum Gasteiger partial charge on any atom is -0.188 e. The van der Waals surface area contributed by atoms with E-state index in [1.807, 2.05) is 0 Å². The first-order chi connectivity index (χ1) is 13.2. The molecule has 0 N–H and O–H groups in total. The predicted octanol–water partition coefficient (Wildman–Crippen LogP) is 8.31. The van der Waals surface area contributed by atoms with Crippen molar-refractivity contribution in [2.75, 3.05) is 6.26 Å². The fourth-order valence-corrected chi connectivity index (χ4v) is 8.69. The van der Waals surface area contributed by atoms with Gasteiger partial charge in [0.05, 0.1) is 0 Å². The van der Waals surface area contributed by atoms with Gasteiger partial charge in [-0.05, 0) is 76.7 Å². The van der Waals surface area contributed by atoms with Crippen LogP contribution in [0, 0.1) is 11.8 Å². The Bertz CT molecular complexity index is 624. The third kappa shape index (κ3) is 4.80. The van der Waals surface area contributed by atoms with Gasteiger partial charge in [0, 0.05) is 0 Å². The van der Waals surface area contributed by atoms with Crippen molar-refractivity contribution in [1.82, 2.24) is 0 Å². The summed E-state index contributed by atoms with van der Waals surface area (Å²) in [6.45, 7) is 4.83. The van der Waals surface area contributed by atoms with Gasteiger partial charge in [0.25, 0.3) is 0 Å². The molecule has 0 heterocycles. The van der Waals surface area contributed by atoms with Gasteiger partial charge >= 0.3 is 0 Å². The zero-order valence-electron chi connectivity index (χ0n) is 17.6. The van der Waals surface area contributed by atoms with Crippen LogP contribution in [-0.4, -0.2) is 11.5 Å². The van der Waals surface area contributed by atoms with Crippen LogP contribution in [0.2, 0.25) is 0 Å². The summed E-state index contributed by atoms with van der Waals surface area (Å²) in [6.07, 6.45) is 13.8. The monoisotopic (exact) mass is 382 g/mol. The second-order valence-corrected chi connectivity index (χ2v) is 12.2. The summed E-state index contributed by atoms with van der Waals surface area (Å²) < 4.78 is 0. The molecular formula is C26H38S. The van der Waals surface area contributed by atoms with E-state index in [9.17, 15) is 0 Å². The van der Waals surface area contributed by atoms with Crippen LogP contribution in [0.1, 0.15) is 65.2 Å². The molecule has 3 rings (SSSR count). The lowest BCUT2D eigenvalue weighted by Crippen LogP contribution is -2.30. The highest BCUT2D eigenvalue weighted by atomic mass is 32.3. The highest BCUT2D eigenvalue weighted by Gasteiger charge is 2.38. The topological polar surface area (TPSA) is 0 Å². The number of hydrogen-bond acceptors (Lipinski definition) is 0. The zero-order chi connectivity index (χ0) is 19.1. The number of hydrogen-bond donors (Lipinski definition) is 0. The number of unbranched alkanes of at least 4 members (excludes halogenated alkanes) is 3. The minimum absolute atomic E-state index is 0.815. The molecule has 1 saturated carbocycles. The normalized spacial score (nSPS) is 23.9. The van der Waals surface area contributed by atoms with Crippen molar-refractivity contribution in [3.8, 4) is 0 Å². The van der Waals surface area contributed by atoms with E-state index in [1.54, 1.807) is 9.79 Å². The van der Waals surface area contributed by atoms with Gasteiger partial charge in [-0.25, -0.2) is 0 Å². The molecule has 1 heteroatoms. The predicted molar refractivity (Wildman–Crippen MR) is 122 cm³/mol. The average Bonchev–Trinajstić information content (AvgIpc) is 2.73. The summed E-state index contributed by atoms with van der Waals surface area (Å²) >= 11 is 0. The molecule has 1 aliphatic carbocycles. The summed E-state index contributed by atoms with van der Waals surface area (Å²) in [7, 11) is -0.990. The van der Waals surface area contributed by atoms with Crippen LogP contribution in [0.5, 0.6) is 0 Å². The van der Waals surface area contributed by atoms with Crippen molar-refractivity contribution in [2.45, 2.75) is 80.3 Å². The fraction of sp³-hybridized carbons (Fsp3) is 0.538. The van der Waals surface area contributed by atoms with E-state index in [-0.39, 0.29) is 0 Å². The smallest absolute Gasteiger partial charge is 0.00332 e. The Morgan fingerprint density at radius 3 is 1.96 bits per heavy atom. The lowest BCUT2D eigenvalue weighted by molar-refractivity contribution is 0.240. The van der Waals surface area contributed by atoms with Gasteiger partial charge in [-0.3, -0.25) is 0 Å². The number of rotatable bonds is 8. The Morgan fingerprint density at radius 1 is 0.815 bits per heavy atom. The van der Waals surface area contributed by atoms with Gasteiger partial charge in [0.15, 0.2) is 0 Å². The lowest BCUT2D eigenvalue weighted by Gasteiger charge is -2.49. The molecule has 0 saturated heterocycles. The highest BCUT2D eigenvalue weighted by Crippen LogP contribution is 2.66. The van der Waals surface area contributed by atoms with Crippen LogP contribution in [-0.2, 0) is 0 Å². The molecule has 2 aromatic rings. The van der Waals surface area contributed by atoms with Crippen molar-refractivity contribution < 1.29 is 0 Å². The van der Waals surface area contributed by atoms with Crippen molar-refractivity contribution in [3.63, 3.8) is 0 Å². The van der Waals surface area contributed by atoms with Gasteiger partial charge in [-0.1, -0.05) is 82.3 Å². The Kier molecular flexibility index (Phi) is 7.47. The fourth-order valence-electron chi connectivity index (χ4n) is 4.96. The second kappa shape index (κ2) is 9.82. The van der Waals surface area contributed by atoms with Crippen LogP contribution in [0.4, 0.5) is 0 Å². The first kappa shape index (κ1) is 20.5. The highest BCUT2D eigenvalue weighted by molar-refractivity contribution is 8.33. The van der Waals surface area contributed by atoms with E-state index in [0.29, 0.717) is 0 Å². The Morgan fingerprint density at radius 2 is 1.41 bits per heavy atom. The Hall–Kier alpha value is -1.21. The molecule has 0 amide bonds. The standard InChI is InChI=1S/C26H38S/c1-4-5-6-9-14-23-21-26(20-19-22(23)2)27(3,24-15-10-7-11-16-24)25-17-12-8-13-18-25/h7-8,10-13,15-18,22-23,26H,4-6,9,14,19-21H2,1-3H3. The average molecular weight is 383 g/mol. The quantitative estimate of drug-likeness (QED) is 0.403. The summed E-state index contributed by atoms with van der Waals surface area (Å²) in [6, 6.07) is 22.8. The maximum absolute atomic E-state index is 2.59. The van der Waals surface area contributed by atoms with Gasteiger partial charge in [0.2, 0.25) is 0 Å². The van der Waals surface area contributed by atoms with E-state index >= 15 is 0 Å². The van der Waals surface area contributed by atoms with Crippen molar-refractivity contribution >= 4 is 10.0 Å². The van der Waals surface area contributed by atoms with E-state index in [4.69, 9.17) is 0 Å².